The predicted molar refractivity (Wildman–Crippen MR) is 147 cm³/mol. The van der Waals surface area contributed by atoms with Gasteiger partial charge in [-0.3, -0.25) is 13.9 Å². The van der Waals surface area contributed by atoms with E-state index in [0.717, 1.165) is 23.8 Å². The average molecular weight is 536 g/mol. The summed E-state index contributed by atoms with van der Waals surface area (Å²) in [6, 6.07) is 12.2. The highest BCUT2D eigenvalue weighted by Gasteiger charge is 2.28. The Morgan fingerprint density at radius 3 is 2.33 bits per heavy atom. The number of aryl methyl sites for hydroxylation is 1. The molecule has 0 radical (unpaired) electrons. The van der Waals surface area contributed by atoms with Crippen molar-refractivity contribution in [2.24, 2.45) is 0 Å². The van der Waals surface area contributed by atoms with Crippen LogP contribution < -0.4 is 9.62 Å². The average Bonchev–Trinajstić information content (AvgIpc) is 2.82. The van der Waals surface area contributed by atoms with Crippen LogP contribution in [-0.4, -0.2) is 50.0 Å². The van der Waals surface area contributed by atoms with E-state index in [1.165, 1.54) is 4.31 Å². The Hall–Kier alpha value is -2.58. The van der Waals surface area contributed by atoms with E-state index in [-0.39, 0.29) is 30.8 Å². The molecule has 2 rings (SSSR count). The van der Waals surface area contributed by atoms with E-state index in [1.807, 2.05) is 45.0 Å². The van der Waals surface area contributed by atoms with Crippen LogP contribution in [0, 0.1) is 13.8 Å². The van der Waals surface area contributed by atoms with E-state index in [9.17, 15) is 18.0 Å². The molecular formula is C27H38ClN3O4S. The molecule has 9 heteroatoms. The highest BCUT2D eigenvalue weighted by molar-refractivity contribution is 7.92. The number of amides is 2. The molecule has 2 aromatic carbocycles. The Bertz CT molecular complexity index is 1170. The van der Waals surface area contributed by atoms with Crippen molar-refractivity contribution in [1.82, 2.24) is 10.2 Å². The van der Waals surface area contributed by atoms with Gasteiger partial charge in [-0.15, -0.1) is 0 Å². The normalized spacial score (nSPS) is 13.1. The summed E-state index contributed by atoms with van der Waals surface area (Å²) >= 11 is 6.21. The number of hydrogen-bond donors (Lipinski definition) is 1. The van der Waals surface area contributed by atoms with Gasteiger partial charge in [0.25, 0.3) is 0 Å². The zero-order valence-corrected chi connectivity index (χ0v) is 23.6. The van der Waals surface area contributed by atoms with E-state index in [4.69, 9.17) is 11.6 Å². The second kappa shape index (κ2) is 13.1. The molecule has 1 N–H and O–H groups in total. The number of anilines is 1. The molecule has 7 nitrogen and oxygen atoms in total. The summed E-state index contributed by atoms with van der Waals surface area (Å²) in [5.74, 6) is -0.417. The van der Waals surface area contributed by atoms with Gasteiger partial charge in [0.05, 0.1) is 11.9 Å². The zero-order chi connectivity index (χ0) is 27.0. The molecule has 0 aliphatic carbocycles. The van der Waals surface area contributed by atoms with Crippen LogP contribution in [0.4, 0.5) is 5.69 Å². The van der Waals surface area contributed by atoms with Gasteiger partial charge in [0.1, 0.15) is 6.04 Å². The van der Waals surface area contributed by atoms with Gasteiger partial charge in [0.15, 0.2) is 0 Å². The molecule has 0 spiro atoms. The first-order chi connectivity index (χ1) is 16.9. The van der Waals surface area contributed by atoms with Crippen molar-refractivity contribution < 1.29 is 18.0 Å². The first-order valence-electron chi connectivity index (χ1n) is 12.2. The molecule has 0 aromatic heterocycles. The van der Waals surface area contributed by atoms with Crippen LogP contribution in [0.5, 0.6) is 0 Å². The van der Waals surface area contributed by atoms with Crippen LogP contribution in [0.25, 0.3) is 0 Å². The Balaban J connectivity index is 2.22. The minimum atomic E-state index is -3.59. The van der Waals surface area contributed by atoms with Crippen LogP contribution in [0.15, 0.2) is 42.5 Å². The Kier molecular flexibility index (Phi) is 10.8. The summed E-state index contributed by atoms with van der Waals surface area (Å²) in [6.45, 7) is 9.80. The van der Waals surface area contributed by atoms with Crippen molar-refractivity contribution in [2.75, 3.05) is 17.1 Å². The molecule has 0 fully saturated rings. The predicted octanol–water partition coefficient (Wildman–Crippen LogP) is 4.84. The molecule has 2 amide bonds. The van der Waals surface area contributed by atoms with Gasteiger partial charge in [-0.25, -0.2) is 8.42 Å². The third-order valence-electron chi connectivity index (χ3n) is 6.43. The second-order valence-corrected chi connectivity index (χ2v) is 11.6. The Labute approximate surface area is 220 Å². The number of halogens is 1. The SMILES string of the molecule is CC[C@@H](C)NC(=O)[C@@H](C)N(Cc1ccccc1C)C(=O)CCCN(c1cccc(Cl)c1C)S(C)(=O)=O. The molecule has 0 aliphatic heterocycles. The monoisotopic (exact) mass is 535 g/mol. The third kappa shape index (κ3) is 7.96. The lowest BCUT2D eigenvalue weighted by molar-refractivity contribution is -0.140. The number of rotatable bonds is 12. The number of nitrogens with zero attached hydrogens (tertiary/aromatic N) is 2. The molecule has 0 aliphatic rings. The number of nitrogens with one attached hydrogen (secondary N) is 1. The van der Waals surface area contributed by atoms with Crippen molar-refractivity contribution in [2.45, 2.75) is 72.5 Å². The molecule has 36 heavy (non-hydrogen) atoms. The lowest BCUT2D eigenvalue weighted by Crippen LogP contribution is -2.49. The number of carbonyl (C=O) groups excluding carboxylic acids is 2. The molecule has 2 atom stereocenters. The topological polar surface area (TPSA) is 86.8 Å². The summed E-state index contributed by atoms with van der Waals surface area (Å²) < 4.78 is 26.4. The van der Waals surface area contributed by atoms with Crippen LogP contribution in [0.1, 0.15) is 56.7 Å². The summed E-state index contributed by atoms with van der Waals surface area (Å²) in [6.07, 6.45) is 2.32. The molecule has 0 unspecified atom stereocenters. The van der Waals surface area contributed by atoms with E-state index < -0.39 is 16.1 Å². The molecular weight excluding hydrogens is 498 g/mol. The van der Waals surface area contributed by atoms with Gasteiger partial charge in [0, 0.05) is 30.6 Å². The maximum absolute atomic E-state index is 13.4. The highest BCUT2D eigenvalue weighted by atomic mass is 35.5. The number of sulfonamides is 1. The summed E-state index contributed by atoms with van der Waals surface area (Å²) in [5, 5.41) is 3.43. The minimum absolute atomic E-state index is 0.000353. The molecule has 0 heterocycles. The molecule has 198 valence electrons. The molecule has 0 bridgehead atoms. The smallest absolute Gasteiger partial charge is 0.242 e. The molecule has 0 saturated heterocycles. The van der Waals surface area contributed by atoms with Crippen molar-refractivity contribution in [3.63, 3.8) is 0 Å². The first kappa shape index (κ1) is 29.6. The van der Waals surface area contributed by atoms with Crippen molar-refractivity contribution in [3.05, 3.63) is 64.2 Å². The van der Waals surface area contributed by atoms with Gasteiger partial charge >= 0.3 is 0 Å². The maximum Gasteiger partial charge on any atom is 0.242 e. The summed E-state index contributed by atoms with van der Waals surface area (Å²) in [4.78, 5) is 27.9. The Morgan fingerprint density at radius 2 is 1.72 bits per heavy atom. The van der Waals surface area contributed by atoms with Gasteiger partial charge in [-0.05, 0) is 69.4 Å². The van der Waals surface area contributed by atoms with Crippen LogP contribution in [0.2, 0.25) is 5.02 Å². The minimum Gasteiger partial charge on any atom is -0.352 e. The standard InChI is InChI=1S/C27H38ClN3O4S/c1-7-20(3)29-27(33)22(5)30(18-23-13-9-8-12-19(23)2)26(32)16-11-17-31(36(6,34)35)25-15-10-14-24(28)21(25)4/h8-10,12-15,20,22H,7,11,16-18H2,1-6H3,(H,29,33)/t20-,22-/m1/s1. The van der Waals surface area contributed by atoms with Crippen molar-refractivity contribution >= 4 is 39.1 Å². The number of hydrogen-bond acceptors (Lipinski definition) is 4. The van der Waals surface area contributed by atoms with Crippen LogP contribution in [0.3, 0.4) is 0 Å². The quantitative estimate of drug-likeness (QED) is 0.421. The lowest BCUT2D eigenvalue weighted by Gasteiger charge is -2.30. The fourth-order valence-electron chi connectivity index (χ4n) is 3.87. The van der Waals surface area contributed by atoms with Crippen LogP contribution >= 0.6 is 11.6 Å². The summed E-state index contributed by atoms with van der Waals surface area (Å²) in [5.41, 5.74) is 3.15. The third-order valence-corrected chi connectivity index (χ3v) is 8.02. The Morgan fingerprint density at radius 1 is 1.06 bits per heavy atom. The lowest BCUT2D eigenvalue weighted by atomic mass is 10.1. The number of carbonyl (C=O) groups is 2. The largest absolute Gasteiger partial charge is 0.352 e. The van der Waals surface area contributed by atoms with E-state index in [0.29, 0.717) is 29.2 Å². The summed E-state index contributed by atoms with van der Waals surface area (Å²) in [7, 11) is -3.59. The van der Waals surface area contributed by atoms with Crippen molar-refractivity contribution in [1.29, 1.82) is 0 Å². The van der Waals surface area contributed by atoms with E-state index >= 15 is 0 Å². The van der Waals surface area contributed by atoms with Gasteiger partial charge in [-0.2, -0.15) is 0 Å². The number of benzene rings is 2. The molecule has 2 aromatic rings. The fourth-order valence-corrected chi connectivity index (χ4v) is 5.05. The molecule has 0 saturated carbocycles. The van der Waals surface area contributed by atoms with Crippen LogP contribution in [-0.2, 0) is 26.2 Å². The van der Waals surface area contributed by atoms with Gasteiger partial charge < -0.3 is 10.2 Å². The zero-order valence-electron chi connectivity index (χ0n) is 22.0. The van der Waals surface area contributed by atoms with E-state index in [1.54, 1.807) is 36.9 Å². The highest BCUT2D eigenvalue weighted by Crippen LogP contribution is 2.28. The van der Waals surface area contributed by atoms with Gasteiger partial charge in [0.2, 0.25) is 21.8 Å². The van der Waals surface area contributed by atoms with E-state index in [2.05, 4.69) is 5.32 Å². The maximum atomic E-state index is 13.4. The van der Waals surface area contributed by atoms with Gasteiger partial charge in [-0.1, -0.05) is 48.9 Å². The second-order valence-electron chi connectivity index (χ2n) is 9.26. The van der Waals surface area contributed by atoms with Crippen molar-refractivity contribution in [3.8, 4) is 0 Å². The first-order valence-corrected chi connectivity index (χ1v) is 14.5. The fraction of sp³-hybridized carbons (Fsp3) is 0.481.